The van der Waals surface area contributed by atoms with E-state index in [0.717, 1.165) is 18.2 Å². The van der Waals surface area contributed by atoms with Crippen molar-refractivity contribution in [3.8, 4) is 0 Å². The summed E-state index contributed by atoms with van der Waals surface area (Å²) in [4.78, 5) is 35.4. The molecule has 0 spiro atoms. The number of hydrogen-bond donors (Lipinski definition) is 0. The second-order valence-corrected chi connectivity index (χ2v) is 5.26. The average Bonchev–Trinajstić information content (AvgIpc) is 2.54. The molecule has 1 aliphatic rings. The number of carbonyl (C=O) groups excluding carboxylic acids is 2. The molecule has 0 N–H and O–H groups in total. The summed E-state index contributed by atoms with van der Waals surface area (Å²) < 4.78 is 18.9. The van der Waals surface area contributed by atoms with E-state index in [1.807, 2.05) is 0 Å². The molecule has 1 fully saturated rings. The highest BCUT2D eigenvalue weighted by molar-refractivity contribution is 5.95. The molecular weight excluding hydrogens is 307 g/mol. The van der Waals surface area contributed by atoms with Gasteiger partial charge in [0, 0.05) is 19.2 Å². The Morgan fingerprint density at radius 1 is 1.48 bits per heavy atom. The number of carbonyl (C=O) groups is 2. The normalized spacial score (nSPS) is 17.7. The lowest BCUT2D eigenvalue weighted by Gasteiger charge is -2.31. The van der Waals surface area contributed by atoms with Gasteiger partial charge in [0.25, 0.3) is 11.6 Å². The maximum absolute atomic E-state index is 13.9. The number of piperidine rings is 1. The largest absolute Gasteiger partial charge is 0.466 e. The van der Waals surface area contributed by atoms with Crippen LogP contribution >= 0.6 is 0 Å². The molecule has 0 saturated carbocycles. The van der Waals surface area contributed by atoms with E-state index in [2.05, 4.69) is 0 Å². The smallest absolute Gasteiger partial charge is 0.310 e. The van der Waals surface area contributed by atoms with Crippen LogP contribution in [0.25, 0.3) is 0 Å². The molecule has 7 nitrogen and oxygen atoms in total. The number of halogens is 1. The van der Waals surface area contributed by atoms with Crippen molar-refractivity contribution in [2.45, 2.75) is 19.8 Å². The second kappa shape index (κ2) is 7.17. The number of nitro groups is 1. The summed E-state index contributed by atoms with van der Waals surface area (Å²) in [6.45, 7) is 2.54. The molecule has 0 bridgehead atoms. The van der Waals surface area contributed by atoms with E-state index in [1.165, 1.54) is 4.90 Å². The molecule has 1 atom stereocenters. The zero-order chi connectivity index (χ0) is 17.0. The fraction of sp³-hybridized carbons (Fsp3) is 0.467. The quantitative estimate of drug-likeness (QED) is 0.481. The van der Waals surface area contributed by atoms with Gasteiger partial charge in [0.15, 0.2) is 0 Å². The number of likely N-dealkylation sites (tertiary alicyclic amines) is 1. The number of nitro benzene ring substituents is 1. The van der Waals surface area contributed by atoms with Gasteiger partial charge in [0.05, 0.1) is 29.1 Å². The number of benzene rings is 1. The van der Waals surface area contributed by atoms with Crippen molar-refractivity contribution in [1.29, 1.82) is 0 Å². The summed E-state index contributed by atoms with van der Waals surface area (Å²) in [7, 11) is 0. The molecule has 1 unspecified atom stereocenters. The van der Waals surface area contributed by atoms with Crippen molar-refractivity contribution in [1.82, 2.24) is 4.90 Å². The molecule has 2 rings (SSSR count). The molecule has 0 radical (unpaired) electrons. The van der Waals surface area contributed by atoms with E-state index in [4.69, 9.17) is 4.74 Å². The first kappa shape index (κ1) is 16.9. The number of esters is 1. The number of ether oxygens (including phenoxy) is 1. The first-order valence-corrected chi connectivity index (χ1v) is 7.34. The summed E-state index contributed by atoms with van der Waals surface area (Å²) in [5.74, 6) is -2.31. The third-order valence-corrected chi connectivity index (χ3v) is 3.72. The number of amides is 1. The van der Waals surface area contributed by atoms with Gasteiger partial charge in [-0.15, -0.1) is 0 Å². The Bertz CT molecular complexity index is 634. The van der Waals surface area contributed by atoms with E-state index in [0.29, 0.717) is 19.4 Å². The van der Waals surface area contributed by atoms with Gasteiger partial charge in [0.1, 0.15) is 5.82 Å². The zero-order valence-electron chi connectivity index (χ0n) is 12.7. The lowest BCUT2D eigenvalue weighted by atomic mass is 9.97. The van der Waals surface area contributed by atoms with Gasteiger partial charge in [-0.1, -0.05) is 0 Å². The monoisotopic (exact) mass is 324 g/mol. The molecule has 8 heteroatoms. The van der Waals surface area contributed by atoms with Crippen molar-refractivity contribution in [3.63, 3.8) is 0 Å². The Labute approximate surface area is 132 Å². The maximum Gasteiger partial charge on any atom is 0.310 e. The minimum Gasteiger partial charge on any atom is -0.466 e. The van der Waals surface area contributed by atoms with E-state index in [9.17, 15) is 24.1 Å². The fourth-order valence-electron chi connectivity index (χ4n) is 2.58. The SMILES string of the molecule is CCOC(=O)C1CCCN(C(=O)c2ccc([N+](=O)[O-])cc2F)C1. The third-order valence-electron chi connectivity index (χ3n) is 3.72. The molecule has 1 saturated heterocycles. The molecule has 23 heavy (non-hydrogen) atoms. The van der Waals surface area contributed by atoms with Crippen molar-refractivity contribution in [2.75, 3.05) is 19.7 Å². The van der Waals surface area contributed by atoms with Gasteiger partial charge in [-0.25, -0.2) is 4.39 Å². The van der Waals surface area contributed by atoms with E-state index in [1.54, 1.807) is 6.92 Å². The van der Waals surface area contributed by atoms with Gasteiger partial charge < -0.3 is 9.64 Å². The maximum atomic E-state index is 13.9. The van der Waals surface area contributed by atoms with Crippen LogP contribution in [0.1, 0.15) is 30.1 Å². The lowest BCUT2D eigenvalue weighted by molar-refractivity contribution is -0.385. The molecule has 124 valence electrons. The van der Waals surface area contributed by atoms with Crippen molar-refractivity contribution in [3.05, 3.63) is 39.7 Å². The van der Waals surface area contributed by atoms with Gasteiger partial charge in [-0.2, -0.15) is 0 Å². The summed E-state index contributed by atoms with van der Waals surface area (Å²) >= 11 is 0. The Kier molecular flexibility index (Phi) is 5.25. The molecule has 0 aromatic heterocycles. The molecule has 1 aromatic rings. The first-order chi connectivity index (χ1) is 10.9. The van der Waals surface area contributed by atoms with Crippen LogP contribution < -0.4 is 0 Å². The number of hydrogen-bond acceptors (Lipinski definition) is 5. The number of non-ortho nitro benzene ring substituents is 1. The fourth-order valence-corrected chi connectivity index (χ4v) is 2.58. The van der Waals surface area contributed by atoms with E-state index in [-0.39, 0.29) is 24.7 Å². The van der Waals surface area contributed by atoms with Gasteiger partial charge in [-0.05, 0) is 25.8 Å². The predicted octanol–water partition coefficient (Wildman–Crippen LogP) is 2.15. The predicted molar refractivity (Wildman–Crippen MR) is 78.3 cm³/mol. The van der Waals surface area contributed by atoms with Crippen molar-refractivity contribution >= 4 is 17.6 Å². The van der Waals surface area contributed by atoms with Crippen molar-refractivity contribution in [2.24, 2.45) is 5.92 Å². The van der Waals surface area contributed by atoms with Crippen LogP contribution in [0, 0.1) is 21.8 Å². The standard InChI is InChI=1S/C15H17FN2O5/c1-2-23-15(20)10-4-3-7-17(9-10)14(19)12-6-5-11(18(21)22)8-13(12)16/h5-6,8,10H,2-4,7,9H2,1H3. The highest BCUT2D eigenvalue weighted by Crippen LogP contribution is 2.22. The number of nitrogens with zero attached hydrogens (tertiary/aromatic N) is 2. The Hall–Kier alpha value is -2.51. The van der Waals surface area contributed by atoms with E-state index < -0.39 is 28.3 Å². The summed E-state index contributed by atoms with van der Waals surface area (Å²) in [5.41, 5.74) is -0.651. The highest BCUT2D eigenvalue weighted by atomic mass is 19.1. The second-order valence-electron chi connectivity index (χ2n) is 5.26. The Balaban J connectivity index is 2.13. The third kappa shape index (κ3) is 3.82. The van der Waals surface area contributed by atoms with Crippen molar-refractivity contribution < 1.29 is 23.6 Å². The summed E-state index contributed by atoms with van der Waals surface area (Å²) in [5, 5.41) is 10.6. The Morgan fingerprint density at radius 2 is 2.22 bits per heavy atom. The first-order valence-electron chi connectivity index (χ1n) is 7.34. The van der Waals surface area contributed by atoms with Crippen LogP contribution in [0.5, 0.6) is 0 Å². The van der Waals surface area contributed by atoms with Crippen LogP contribution in [0.2, 0.25) is 0 Å². The molecule has 1 amide bonds. The zero-order valence-corrected chi connectivity index (χ0v) is 12.7. The van der Waals surface area contributed by atoms with Crippen LogP contribution in [0.4, 0.5) is 10.1 Å². The average molecular weight is 324 g/mol. The Morgan fingerprint density at radius 3 is 2.83 bits per heavy atom. The minimum atomic E-state index is -0.942. The lowest BCUT2D eigenvalue weighted by Crippen LogP contribution is -2.43. The topological polar surface area (TPSA) is 89.8 Å². The van der Waals surface area contributed by atoms with Gasteiger partial charge in [0.2, 0.25) is 0 Å². The van der Waals surface area contributed by atoms with Crippen LogP contribution in [-0.4, -0.2) is 41.4 Å². The van der Waals surface area contributed by atoms with Crippen LogP contribution in [0.3, 0.4) is 0 Å². The summed E-state index contributed by atoms with van der Waals surface area (Å²) in [6, 6.07) is 2.91. The molecule has 1 aliphatic heterocycles. The molecular formula is C15H17FN2O5. The van der Waals surface area contributed by atoms with Crippen LogP contribution in [0.15, 0.2) is 18.2 Å². The van der Waals surface area contributed by atoms with Gasteiger partial charge >= 0.3 is 5.97 Å². The molecule has 0 aliphatic carbocycles. The number of rotatable bonds is 4. The molecule has 1 aromatic carbocycles. The minimum absolute atomic E-state index is 0.161. The highest BCUT2D eigenvalue weighted by Gasteiger charge is 2.31. The van der Waals surface area contributed by atoms with E-state index >= 15 is 0 Å². The summed E-state index contributed by atoms with van der Waals surface area (Å²) in [6.07, 6.45) is 1.23. The van der Waals surface area contributed by atoms with Gasteiger partial charge in [-0.3, -0.25) is 19.7 Å². The van der Waals surface area contributed by atoms with Crippen LogP contribution in [-0.2, 0) is 9.53 Å². The molecule has 1 heterocycles.